The van der Waals surface area contributed by atoms with Crippen molar-refractivity contribution in [3.05, 3.63) is 24.2 Å². The lowest BCUT2D eigenvalue weighted by Gasteiger charge is -2.43. The Balaban J connectivity index is 2.23. The van der Waals surface area contributed by atoms with Crippen molar-refractivity contribution in [2.24, 2.45) is 17.1 Å². The first kappa shape index (κ1) is 14.6. The summed E-state index contributed by atoms with van der Waals surface area (Å²) in [5.41, 5.74) is 6.71. The van der Waals surface area contributed by atoms with E-state index in [1.54, 1.807) is 6.26 Å². The quantitative estimate of drug-likeness (QED) is 0.887. The van der Waals surface area contributed by atoms with Gasteiger partial charge in [-0.25, -0.2) is 0 Å². The van der Waals surface area contributed by atoms with Crippen LogP contribution < -0.4 is 5.73 Å². The molecule has 1 aliphatic carbocycles. The van der Waals surface area contributed by atoms with E-state index >= 15 is 0 Å². The molecule has 3 heteroatoms. The highest BCUT2D eigenvalue weighted by Crippen LogP contribution is 2.50. The van der Waals surface area contributed by atoms with E-state index in [0.29, 0.717) is 11.3 Å². The van der Waals surface area contributed by atoms with Gasteiger partial charge in [0.25, 0.3) is 0 Å². The Hall–Kier alpha value is -0.800. The molecule has 1 heterocycles. The molecule has 0 bridgehead atoms. The number of nitrogens with two attached hydrogens (primary N) is 1. The van der Waals surface area contributed by atoms with Gasteiger partial charge in [0, 0.05) is 12.1 Å². The number of rotatable bonds is 5. The van der Waals surface area contributed by atoms with E-state index in [1.807, 2.05) is 6.07 Å². The first-order valence-corrected chi connectivity index (χ1v) is 7.41. The smallest absolute Gasteiger partial charge is 0.117 e. The maximum absolute atomic E-state index is 6.21. The average molecular weight is 264 g/mol. The van der Waals surface area contributed by atoms with E-state index in [1.165, 1.54) is 12.8 Å². The van der Waals surface area contributed by atoms with Crippen LogP contribution >= 0.6 is 0 Å². The van der Waals surface area contributed by atoms with Gasteiger partial charge in [-0.1, -0.05) is 27.7 Å². The van der Waals surface area contributed by atoms with Crippen LogP contribution in [-0.4, -0.2) is 23.5 Å². The molecule has 0 aromatic carbocycles. The summed E-state index contributed by atoms with van der Waals surface area (Å²) in [5.74, 6) is 1.66. The molecule has 0 amide bonds. The Bertz CT molecular complexity index is 399. The van der Waals surface area contributed by atoms with Gasteiger partial charge in [0.05, 0.1) is 12.8 Å². The van der Waals surface area contributed by atoms with Gasteiger partial charge < -0.3 is 10.2 Å². The first-order chi connectivity index (χ1) is 8.93. The van der Waals surface area contributed by atoms with Crippen molar-refractivity contribution in [3.8, 4) is 0 Å². The SMILES string of the molecule is CCN(Cc1ccco1)C1(CN)CC(C)(C)CC1C. The Morgan fingerprint density at radius 2 is 2.21 bits per heavy atom. The first-order valence-electron chi connectivity index (χ1n) is 7.41. The highest BCUT2D eigenvalue weighted by Gasteiger charge is 2.50. The topological polar surface area (TPSA) is 42.4 Å². The molecule has 2 rings (SSSR count). The fourth-order valence-corrected chi connectivity index (χ4v) is 4.09. The van der Waals surface area contributed by atoms with Gasteiger partial charge >= 0.3 is 0 Å². The van der Waals surface area contributed by atoms with Gasteiger partial charge in [-0.2, -0.15) is 0 Å². The van der Waals surface area contributed by atoms with Crippen LogP contribution in [0.25, 0.3) is 0 Å². The summed E-state index contributed by atoms with van der Waals surface area (Å²) < 4.78 is 5.52. The standard InChI is InChI=1S/C16H28N2O/c1-5-18(10-14-7-6-8-19-14)16(12-17)11-15(3,4)9-13(16)2/h6-8,13H,5,9-12,17H2,1-4H3. The Morgan fingerprint density at radius 1 is 1.47 bits per heavy atom. The molecule has 0 aliphatic heterocycles. The van der Waals surface area contributed by atoms with Crippen LogP contribution in [0.15, 0.2) is 22.8 Å². The monoisotopic (exact) mass is 264 g/mol. The molecule has 1 aromatic heterocycles. The van der Waals surface area contributed by atoms with Crippen molar-refractivity contribution in [1.29, 1.82) is 0 Å². The van der Waals surface area contributed by atoms with E-state index in [4.69, 9.17) is 10.2 Å². The second-order valence-corrected chi connectivity index (χ2v) is 6.85. The highest BCUT2D eigenvalue weighted by atomic mass is 16.3. The van der Waals surface area contributed by atoms with Crippen molar-refractivity contribution >= 4 is 0 Å². The molecular weight excluding hydrogens is 236 g/mol. The summed E-state index contributed by atoms with van der Waals surface area (Å²) >= 11 is 0. The molecule has 2 atom stereocenters. The van der Waals surface area contributed by atoms with Crippen LogP contribution in [0.4, 0.5) is 0 Å². The lowest BCUT2D eigenvalue weighted by atomic mass is 9.84. The van der Waals surface area contributed by atoms with Crippen molar-refractivity contribution in [1.82, 2.24) is 4.90 Å². The number of hydrogen-bond donors (Lipinski definition) is 1. The number of furan rings is 1. The van der Waals surface area contributed by atoms with Crippen LogP contribution in [-0.2, 0) is 6.54 Å². The summed E-state index contributed by atoms with van der Waals surface area (Å²) in [5, 5.41) is 0. The highest BCUT2D eigenvalue weighted by molar-refractivity contribution is 5.08. The third kappa shape index (κ3) is 2.72. The predicted molar refractivity (Wildman–Crippen MR) is 78.8 cm³/mol. The molecule has 0 spiro atoms. The van der Waals surface area contributed by atoms with Crippen LogP contribution in [0.3, 0.4) is 0 Å². The van der Waals surface area contributed by atoms with E-state index in [9.17, 15) is 0 Å². The van der Waals surface area contributed by atoms with Gasteiger partial charge in [0.2, 0.25) is 0 Å². The van der Waals surface area contributed by atoms with Crippen LogP contribution in [0.5, 0.6) is 0 Å². The summed E-state index contributed by atoms with van der Waals surface area (Å²) in [6, 6.07) is 4.01. The number of nitrogens with zero attached hydrogens (tertiary/aromatic N) is 1. The van der Waals surface area contributed by atoms with Crippen LogP contribution in [0, 0.1) is 11.3 Å². The van der Waals surface area contributed by atoms with E-state index < -0.39 is 0 Å². The van der Waals surface area contributed by atoms with Crippen LogP contribution in [0.2, 0.25) is 0 Å². The van der Waals surface area contributed by atoms with Crippen LogP contribution in [0.1, 0.15) is 46.3 Å². The summed E-state index contributed by atoms with van der Waals surface area (Å²) in [6.07, 6.45) is 4.17. The maximum Gasteiger partial charge on any atom is 0.117 e. The van der Waals surface area contributed by atoms with Gasteiger partial charge in [-0.05, 0) is 42.9 Å². The van der Waals surface area contributed by atoms with Gasteiger partial charge in [-0.15, -0.1) is 0 Å². The zero-order chi connectivity index (χ0) is 14.1. The maximum atomic E-state index is 6.21. The third-order valence-corrected chi connectivity index (χ3v) is 4.85. The fraction of sp³-hybridized carbons (Fsp3) is 0.750. The third-order valence-electron chi connectivity index (χ3n) is 4.85. The van der Waals surface area contributed by atoms with Crippen molar-refractivity contribution < 1.29 is 4.42 Å². The summed E-state index contributed by atoms with van der Waals surface area (Å²) in [6.45, 7) is 11.9. The molecule has 1 fully saturated rings. The molecule has 1 saturated carbocycles. The zero-order valence-corrected chi connectivity index (χ0v) is 12.8. The molecule has 0 radical (unpaired) electrons. The largest absolute Gasteiger partial charge is 0.468 e. The summed E-state index contributed by atoms with van der Waals surface area (Å²) in [4.78, 5) is 2.52. The number of likely N-dealkylation sites (N-methyl/N-ethyl adjacent to an activating group) is 1. The lowest BCUT2D eigenvalue weighted by molar-refractivity contribution is 0.0503. The Labute approximate surface area is 117 Å². The molecule has 2 unspecified atom stereocenters. The van der Waals surface area contributed by atoms with E-state index in [-0.39, 0.29) is 5.54 Å². The zero-order valence-electron chi connectivity index (χ0n) is 12.8. The lowest BCUT2D eigenvalue weighted by Crippen LogP contribution is -2.55. The van der Waals surface area contributed by atoms with Gasteiger partial charge in [0.15, 0.2) is 0 Å². The Morgan fingerprint density at radius 3 is 2.63 bits per heavy atom. The van der Waals surface area contributed by atoms with Crippen molar-refractivity contribution in [2.45, 2.75) is 52.6 Å². The van der Waals surface area contributed by atoms with E-state index in [0.717, 1.165) is 25.4 Å². The molecule has 2 N–H and O–H groups in total. The van der Waals surface area contributed by atoms with E-state index in [2.05, 4.69) is 38.7 Å². The van der Waals surface area contributed by atoms with Gasteiger partial charge in [-0.3, -0.25) is 4.90 Å². The second kappa shape index (κ2) is 5.29. The van der Waals surface area contributed by atoms with Crippen molar-refractivity contribution in [2.75, 3.05) is 13.1 Å². The van der Waals surface area contributed by atoms with Crippen molar-refractivity contribution in [3.63, 3.8) is 0 Å². The fourth-order valence-electron chi connectivity index (χ4n) is 4.09. The summed E-state index contributed by atoms with van der Waals surface area (Å²) in [7, 11) is 0. The Kier molecular flexibility index (Phi) is 4.07. The molecule has 19 heavy (non-hydrogen) atoms. The molecule has 1 aliphatic rings. The minimum absolute atomic E-state index is 0.116. The molecule has 108 valence electrons. The average Bonchev–Trinajstić information content (AvgIpc) is 2.92. The second-order valence-electron chi connectivity index (χ2n) is 6.85. The van der Waals surface area contributed by atoms with Gasteiger partial charge in [0.1, 0.15) is 5.76 Å². The molecule has 3 nitrogen and oxygen atoms in total. The minimum atomic E-state index is 0.116. The molecule has 1 aromatic rings. The predicted octanol–water partition coefficient (Wildman–Crippen LogP) is 3.26. The minimum Gasteiger partial charge on any atom is -0.468 e. The number of hydrogen-bond acceptors (Lipinski definition) is 3. The molecular formula is C16H28N2O. The normalized spacial score (nSPS) is 30.1. The molecule has 0 saturated heterocycles.